The SMILES string of the molecule is COc1cscc1C(=O)N1CCC2(CCN(Cc3ccccc3OCC(C)C)CC2)C1.O=C(O)C(F)(F)F. The highest BCUT2D eigenvalue weighted by molar-refractivity contribution is 7.08. The van der Waals surface area contributed by atoms with Gasteiger partial charge in [0.15, 0.2) is 0 Å². The van der Waals surface area contributed by atoms with Crippen LogP contribution in [0.15, 0.2) is 35.0 Å². The number of methoxy groups -OCH3 is 1. The van der Waals surface area contributed by atoms with Crippen LogP contribution >= 0.6 is 11.3 Å². The lowest BCUT2D eigenvalue weighted by atomic mass is 9.77. The summed E-state index contributed by atoms with van der Waals surface area (Å²) in [5.41, 5.74) is 2.25. The van der Waals surface area contributed by atoms with Crippen molar-refractivity contribution in [1.82, 2.24) is 9.80 Å². The number of nitrogens with zero attached hydrogens (tertiary/aromatic N) is 2. The van der Waals surface area contributed by atoms with Gasteiger partial charge in [0.2, 0.25) is 0 Å². The third-order valence-corrected chi connectivity index (χ3v) is 7.62. The van der Waals surface area contributed by atoms with Crippen LogP contribution in [0, 0.1) is 11.3 Å². The van der Waals surface area contributed by atoms with Crippen molar-refractivity contribution in [1.29, 1.82) is 0 Å². The molecule has 1 N–H and O–H groups in total. The summed E-state index contributed by atoms with van der Waals surface area (Å²) >= 11 is 1.52. The Hall–Kier alpha value is -2.79. The number of carboxylic acids is 1. The van der Waals surface area contributed by atoms with Crippen molar-refractivity contribution in [3.8, 4) is 11.5 Å². The van der Waals surface area contributed by atoms with Gasteiger partial charge in [-0.3, -0.25) is 9.69 Å². The van der Waals surface area contributed by atoms with E-state index in [9.17, 15) is 18.0 Å². The zero-order valence-electron chi connectivity index (χ0n) is 21.9. The molecule has 0 saturated carbocycles. The van der Waals surface area contributed by atoms with Crippen LogP contribution in [-0.4, -0.2) is 72.9 Å². The summed E-state index contributed by atoms with van der Waals surface area (Å²) in [6.45, 7) is 9.90. The van der Waals surface area contributed by atoms with Crippen molar-refractivity contribution in [2.45, 2.75) is 45.8 Å². The number of para-hydroxylation sites is 1. The summed E-state index contributed by atoms with van der Waals surface area (Å²) < 4.78 is 43.1. The van der Waals surface area contributed by atoms with Crippen molar-refractivity contribution >= 4 is 23.2 Å². The smallest absolute Gasteiger partial charge is 0.490 e. The number of halogens is 3. The number of carboxylic acid groups (broad SMARTS) is 1. The topological polar surface area (TPSA) is 79.3 Å². The standard InChI is InChI=1S/C25H34N2O3S.C2HF3O2/c1-19(2)15-30-22-7-5-4-6-20(22)14-26-11-8-25(9-12-26)10-13-27(18-25)24(28)21-16-31-17-23(21)29-3;3-2(4,5)1(6)7/h4-7,16-17,19H,8-15,18H2,1-3H3;(H,6,7). The molecule has 1 aromatic carbocycles. The number of carbonyl (C=O) groups excluding carboxylic acids is 1. The molecule has 0 aliphatic carbocycles. The average molecular weight is 557 g/mol. The zero-order valence-corrected chi connectivity index (χ0v) is 22.7. The van der Waals surface area contributed by atoms with Crippen molar-refractivity contribution in [3.05, 3.63) is 46.2 Å². The molecule has 2 fully saturated rings. The fourth-order valence-electron chi connectivity index (χ4n) is 4.74. The number of benzene rings is 1. The lowest BCUT2D eigenvalue weighted by Crippen LogP contribution is -2.42. The molecule has 0 radical (unpaired) electrons. The van der Waals surface area contributed by atoms with Crippen molar-refractivity contribution in [2.75, 3.05) is 39.9 Å². The molecule has 3 heterocycles. The van der Waals surface area contributed by atoms with Gasteiger partial charge in [0.25, 0.3) is 5.91 Å². The van der Waals surface area contributed by atoms with E-state index < -0.39 is 12.1 Å². The average Bonchev–Trinajstić information content (AvgIpc) is 3.52. The molecular weight excluding hydrogens is 521 g/mol. The van der Waals surface area contributed by atoms with E-state index in [0.29, 0.717) is 17.2 Å². The Morgan fingerprint density at radius 3 is 2.32 bits per heavy atom. The van der Waals surface area contributed by atoms with Crippen LogP contribution in [0.3, 0.4) is 0 Å². The van der Waals surface area contributed by atoms with E-state index in [0.717, 1.165) is 64.3 Å². The van der Waals surface area contributed by atoms with Gasteiger partial charge in [0, 0.05) is 36.0 Å². The molecular formula is C27H35F3N2O5S. The van der Waals surface area contributed by atoms with Crippen molar-refractivity contribution in [2.24, 2.45) is 11.3 Å². The van der Waals surface area contributed by atoms with Crippen LogP contribution in [0.25, 0.3) is 0 Å². The first-order chi connectivity index (χ1) is 17.9. The maximum absolute atomic E-state index is 13.0. The van der Waals surface area contributed by atoms with Gasteiger partial charge in [-0.2, -0.15) is 13.2 Å². The maximum atomic E-state index is 13.0. The molecule has 11 heteroatoms. The summed E-state index contributed by atoms with van der Waals surface area (Å²) in [5.74, 6) is -0.408. The molecule has 0 bridgehead atoms. The van der Waals surface area contributed by atoms with E-state index in [-0.39, 0.29) is 11.3 Å². The van der Waals surface area contributed by atoms with Crippen LogP contribution in [0.1, 0.15) is 49.0 Å². The Labute approximate surface area is 225 Å². The Morgan fingerprint density at radius 2 is 1.71 bits per heavy atom. The quantitative estimate of drug-likeness (QED) is 0.482. The molecule has 1 amide bonds. The van der Waals surface area contributed by atoms with E-state index in [2.05, 4.69) is 43.0 Å². The van der Waals surface area contributed by atoms with Gasteiger partial charge < -0.3 is 19.5 Å². The summed E-state index contributed by atoms with van der Waals surface area (Å²) in [5, 5.41) is 10.9. The van der Waals surface area contributed by atoms with E-state index in [1.54, 1.807) is 7.11 Å². The third kappa shape index (κ3) is 7.86. The molecule has 0 unspecified atom stereocenters. The number of alkyl halides is 3. The maximum Gasteiger partial charge on any atom is 0.490 e. The second-order valence-electron chi connectivity index (χ2n) is 10.2. The number of likely N-dealkylation sites (tertiary alicyclic amines) is 2. The second kappa shape index (κ2) is 12.8. The number of hydrogen-bond donors (Lipinski definition) is 1. The van der Waals surface area contributed by atoms with Crippen LogP contribution in [-0.2, 0) is 11.3 Å². The molecule has 1 spiro atoms. The van der Waals surface area contributed by atoms with Gasteiger partial charge in [-0.1, -0.05) is 32.0 Å². The monoisotopic (exact) mass is 556 g/mol. The van der Waals surface area contributed by atoms with Gasteiger partial charge >= 0.3 is 12.1 Å². The van der Waals surface area contributed by atoms with Gasteiger partial charge in [0.1, 0.15) is 11.5 Å². The van der Waals surface area contributed by atoms with E-state index in [4.69, 9.17) is 19.4 Å². The molecule has 1 aromatic heterocycles. The number of ether oxygens (including phenoxy) is 2. The predicted octanol–water partition coefficient (Wildman–Crippen LogP) is 5.55. The first-order valence-corrected chi connectivity index (χ1v) is 13.5. The molecule has 2 saturated heterocycles. The molecule has 38 heavy (non-hydrogen) atoms. The number of thiophene rings is 1. The Balaban J connectivity index is 0.000000505. The number of hydrogen-bond acceptors (Lipinski definition) is 6. The summed E-state index contributed by atoms with van der Waals surface area (Å²) in [6, 6.07) is 8.42. The first-order valence-electron chi connectivity index (χ1n) is 12.6. The van der Waals surface area contributed by atoms with Gasteiger partial charge in [-0.05, 0) is 49.8 Å². The minimum Gasteiger partial charge on any atom is -0.495 e. The minimum absolute atomic E-state index is 0.119. The second-order valence-corrected chi connectivity index (χ2v) is 11.0. The molecule has 4 rings (SSSR count). The minimum atomic E-state index is -5.08. The van der Waals surface area contributed by atoms with Gasteiger partial charge in [-0.15, -0.1) is 11.3 Å². The van der Waals surface area contributed by atoms with Crippen molar-refractivity contribution in [3.63, 3.8) is 0 Å². The zero-order chi connectivity index (χ0) is 27.9. The molecule has 210 valence electrons. The van der Waals surface area contributed by atoms with Crippen molar-refractivity contribution < 1.29 is 37.3 Å². The molecule has 2 aliphatic heterocycles. The van der Waals surface area contributed by atoms with E-state index >= 15 is 0 Å². The number of piperidine rings is 1. The fourth-order valence-corrected chi connectivity index (χ4v) is 5.51. The fraction of sp³-hybridized carbons (Fsp3) is 0.556. The molecule has 2 aliphatic rings. The Bertz CT molecular complexity index is 1080. The highest BCUT2D eigenvalue weighted by atomic mass is 32.1. The number of carbonyl (C=O) groups is 2. The predicted molar refractivity (Wildman–Crippen MR) is 139 cm³/mol. The molecule has 0 atom stereocenters. The van der Waals surface area contributed by atoms with E-state index in [1.165, 1.54) is 16.9 Å². The Morgan fingerprint density at radius 1 is 1.08 bits per heavy atom. The molecule has 2 aromatic rings. The summed E-state index contributed by atoms with van der Waals surface area (Å²) in [6.07, 6.45) is -1.69. The highest BCUT2D eigenvalue weighted by Crippen LogP contribution is 2.42. The van der Waals surface area contributed by atoms with Crippen LogP contribution < -0.4 is 9.47 Å². The van der Waals surface area contributed by atoms with Crippen LogP contribution in [0.2, 0.25) is 0 Å². The summed E-state index contributed by atoms with van der Waals surface area (Å²) in [4.78, 5) is 26.5. The molecule has 7 nitrogen and oxygen atoms in total. The lowest BCUT2D eigenvalue weighted by molar-refractivity contribution is -0.192. The normalized spacial score (nSPS) is 17.3. The van der Waals surface area contributed by atoms with Gasteiger partial charge in [-0.25, -0.2) is 4.79 Å². The largest absolute Gasteiger partial charge is 0.495 e. The van der Waals surface area contributed by atoms with E-state index in [1.807, 2.05) is 15.7 Å². The highest BCUT2D eigenvalue weighted by Gasteiger charge is 2.42. The van der Waals surface area contributed by atoms with Gasteiger partial charge in [0.05, 0.1) is 19.3 Å². The number of rotatable bonds is 7. The van der Waals surface area contributed by atoms with Crippen LogP contribution in [0.4, 0.5) is 13.2 Å². The number of aliphatic carboxylic acids is 1. The number of amides is 1. The lowest BCUT2D eigenvalue weighted by Gasteiger charge is -2.39. The Kier molecular flexibility index (Phi) is 10.1. The first kappa shape index (κ1) is 29.8. The van der Waals surface area contributed by atoms with Crippen LogP contribution in [0.5, 0.6) is 11.5 Å². The third-order valence-electron chi connectivity index (χ3n) is 6.90. The summed E-state index contributed by atoms with van der Waals surface area (Å²) in [7, 11) is 1.63.